The monoisotopic (exact) mass is 239 g/mol. The lowest BCUT2D eigenvalue weighted by Crippen LogP contribution is -2.20. The van der Waals surface area contributed by atoms with Crippen LogP contribution in [0.5, 0.6) is 5.75 Å². The predicted molar refractivity (Wildman–Crippen MR) is 60.6 cm³/mol. The first kappa shape index (κ1) is 13.2. The summed E-state index contributed by atoms with van der Waals surface area (Å²) in [6.45, 7) is 1.46. The molecule has 0 heterocycles. The summed E-state index contributed by atoms with van der Waals surface area (Å²) in [6.07, 6.45) is 0.201. The number of ether oxygens (including phenoxy) is 1. The fourth-order valence-electron chi connectivity index (χ4n) is 1.26. The SMILES string of the molecule is CNC(=O)CCOc1ccc(C(C)=O)c(F)c1. The van der Waals surface area contributed by atoms with Gasteiger partial charge in [-0.25, -0.2) is 4.39 Å². The van der Waals surface area contributed by atoms with Crippen molar-refractivity contribution in [2.75, 3.05) is 13.7 Å². The normalized spacial score (nSPS) is 9.82. The number of hydrogen-bond acceptors (Lipinski definition) is 3. The van der Waals surface area contributed by atoms with Crippen molar-refractivity contribution in [1.82, 2.24) is 5.32 Å². The Bertz CT molecular complexity index is 432. The molecule has 1 aromatic carbocycles. The Hall–Kier alpha value is -1.91. The molecule has 0 unspecified atom stereocenters. The lowest BCUT2D eigenvalue weighted by atomic mass is 10.1. The molecule has 0 aliphatic rings. The van der Waals surface area contributed by atoms with Gasteiger partial charge in [-0.3, -0.25) is 9.59 Å². The molecule has 4 nitrogen and oxygen atoms in total. The molecule has 0 radical (unpaired) electrons. The maximum atomic E-state index is 13.4. The molecule has 0 saturated heterocycles. The van der Waals surface area contributed by atoms with Crippen LogP contribution < -0.4 is 10.1 Å². The van der Waals surface area contributed by atoms with Crippen molar-refractivity contribution in [1.29, 1.82) is 0 Å². The highest BCUT2D eigenvalue weighted by atomic mass is 19.1. The Morgan fingerprint density at radius 2 is 2.12 bits per heavy atom. The number of Topliss-reactive ketones (excluding diaryl/α,β-unsaturated/α-hetero) is 1. The van der Waals surface area contributed by atoms with Crippen LogP contribution in [0.15, 0.2) is 18.2 Å². The van der Waals surface area contributed by atoms with Gasteiger partial charge in [-0.15, -0.1) is 0 Å². The first-order valence-electron chi connectivity index (χ1n) is 5.18. The second-order valence-electron chi connectivity index (χ2n) is 3.47. The Kier molecular flexibility index (Phi) is 4.63. The van der Waals surface area contributed by atoms with E-state index in [0.29, 0.717) is 5.75 Å². The molecule has 17 heavy (non-hydrogen) atoms. The van der Waals surface area contributed by atoms with Gasteiger partial charge in [0, 0.05) is 13.1 Å². The zero-order valence-electron chi connectivity index (χ0n) is 9.75. The van der Waals surface area contributed by atoms with Gasteiger partial charge < -0.3 is 10.1 Å². The quantitative estimate of drug-likeness (QED) is 0.793. The molecular formula is C12H14FNO3. The van der Waals surface area contributed by atoms with Gasteiger partial charge in [-0.1, -0.05) is 0 Å². The molecule has 1 rings (SSSR count). The Labute approximate surface area is 98.8 Å². The van der Waals surface area contributed by atoms with Gasteiger partial charge in [0.05, 0.1) is 18.6 Å². The third kappa shape index (κ3) is 3.86. The molecule has 92 valence electrons. The smallest absolute Gasteiger partial charge is 0.223 e. The average molecular weight is 239 g/mol. The van der Waals surface area contributed by atoms with E-state index in [1.807, 2.05) is 0 Å². The van der Waals surface area contributed by atoms with E-state index in [2.05, 4.69) is 5.32 Å². The van der Waals surface area contributed by atoms with Gasteiger partial charge in [0.1, 0.15) is 11.6 Å². The van der Waals surface area contributed by atoms with E-state index < -0.39 is 5.82 Å². The molecule has 0 saturated carbocycles. The second-order valence-corrected chi connectivity index (χ2v) is 3.47. The maximum Gasteiger partial charge on any atom is 0.223 e. The number of carbonyl (C=O) groups is 2. The van der Waals surface area contributed by atoms with Crippen molar-refractivity contribution in [3.63, 3.8) is 0 Å². The molecule has 0 aliphatic carbocycles. The zero-order valence-corrected chi connectivity index (χ0v) is 9.75. The highest BCUT2D eigenvalue weighted by Crippen LogP contribution is 2.17. The Morgan fingerprint density at radius 3 is 2.65 bits per heavy atom. The molecule has 0 aromatic heterocycles. The molecule has 0 aliphatic heterocycles. The Morgan fingerprint density at radius 1 is 1.41 bits per heavy atom. The van der Waals surface area contributed by atoms with Crippen LogP contribution in [0.2, 0.25) is 0 Å². The van der Waals surface area contributed by atoms with Gasteiger partial charge in [-0.05, 0) is 19.1 Å². The second kappa shape index (κ2) is 5.98. The highest BCUT2D eigenvalue weighted by Gasteiger charge is 2.08. The Balaban J connectivity index is 2.59. The van der Waals surface area contributed by atoms with E-state index in [1.165, 1.54) is 26.1 Å². The standard InChI is InChI=1S/C12H14FNO3/c1-8(15)10-4-3-9(7-11(10)13)17-6-5-12(16)14-2/h3-4,7H,5-6H2,1-2H3,(H,14,16). The predicted octanol–water partition coefficient (Wildman–Crippen LogP) is 1.54. The topological polar surface area (TPSA) is 55.4 Å². The van der Waals surface area contributed by atoms with E-state index in [9.17, 15) is 14.0 Å². The van der Waals surface area contributed by atoms with E-state index in [0.717, 1.165) is 6.07 Å². The summed E-state index contributed by atoms with van der Waals surface area (Å²) < 4.78 is 18.6. The van der Waals surface area contributed by atoms with Gasteiger partial charge in [0.25, 0.3) is 0 Å². The first-order valence-corrected chi connectivity index (χ1v) is 5.18. The van der Waals surface area contributed by atoms with Crippen LogP contribution in [0, 0.1) is 5.82 Å². The summed E-state index contributed by atoms with van der Waals surface area (Å²) in [4.78, 5) is 21.9. The summed E-state index contributed by atoms with van der Waals surface area (Å²) in [6, 6.07) is 4.01. The molecule has 0 atom stereocenters. The van der Waals surface area contributed by atoms with Crippen molar-refractivity contribution in [2.24, 2.45) is 0 Å². The summed E-state index contributed by atoms with van der Waals surface area (Å²) >= 11 is 0. The van der Waals surface area contributed by atoms with Crippen LogP contribution in [0.3, 0.4) is 0 Å². The summed E-state index contributed by atoms with van der Waals surface area (Å²) in [5, 5.41) is 2.45. The maximum absolute atomic E-state index is 13.4. The molecule has 5 heteroatoms. The summed E-state index contributed by atoms with van der Waals surface area (Å²) in [7, 11) is 1.53. The third-order valence-electron chi connectivity index (χ3n) is 2.20. The first-order chi connectivity index (χ1) is 8.04. The number of benzene rings is 1. The van der Waals surface area contributed by atoms with E-state index in [-0.39, 0.29) is 30.3 Å². The molecule has 1 N–H and O–H groups in total. The van der Waals surface area contributed by atoms with E-state index in [4.69, 9.17) is 4.74 Å². The number of nitrogens with one attached hydrogen (secondary N) is 1. The molecule has 0 bridgehead atoms. The lowest BCUT2D eigenvalue weighted by molar-refractivity contribution is -0.121. The van der Waals surface area contributed by atoms with Crippen molar-refractivity contribution >= 4 is 11.7 Å². The molecule has 1 amide bonds. The number of halogens is 1. The lowest BCUT2D eigenvalue weighted by Gasteiger charge is -2.06. The zero-order chi connectivity index (χ0) is 12.8. The van der Waals surface area contributed by atoms with E-state index in [1.54, 1.807) is 0 Å². The van der Waals surface area contributed by atoms with Gasteiger partial charge in [0.2, 0.25) is 5.91 Å². The number of ketones is 1. The fourth-order valence-corrected chi connectivity index (χ4v) is 1.26. The van der Waals surface area contributed by atoms with Gasteiger partial charge in [0.15, 0.2) is 5.78 Å². The minimum absolute atomic E-state index is 0.0312. The van der Waals surface area contributed by atoms with Crippen molar-refractivity contribution in [3.8, 4) is 5.75 Å². The molecular weight excluding hydrogens is 225 g/mol. The molecule has 1 aromatic rings. The van der Waals surface area contributed by atoms with Crippen LogP contribution in [0.1, 0.15) is 23.7 Å². The average Bonchev–Trinajstić information content (AvgIpc) is 2.28. The summed E-state index contributed by atoms with van der Waals surface area (Å²) in [5.41, 5.74) is 0.0312. The number of rotatable bonds is 5. The molecule has 0 spiro atoms. The van der Waals surface area contributed by atoms with Crippen LogP contribution in [-0.2, 0) is 4.79 Å². The summed E-state index contributed by atoms with van der Waals surface area (Å²) in [5.74, 6) is -0.795. The number of amides is 1. The van der Waals surface area contributed by atoms with Crippen LogP contribution in [0.25, 0.3) is 0 Å². The fraction of sp³-hybridized carbons (Fsp3) is 0.333. The van der Waals surface area contributed by atoms with Crippen molar-refractivity contribution in [2.45, 2.75) is 13.3 Å². The largest absolute Gasteiger partial charge is 0.493 e. The molecule has 0 fully saturated rings. The van der Waals surface area contributed by atoms with Crippen LogP contribution >= 0.6 is 0 Å². The third-order valence-corrected chi connectivity index (χ3v) is 2.20. The minimum atomic E-state index is -0.616. The number of hydrogen-bond donors (Lipinski definition) is 1. The van der Waals surface area contributed by atoms with Crippen molar-refractivity contribution in [3.05, 3.63) is 29.6 Å². The number of carbonyl (C=O) groups excluding carboxylic acids is 2. The van der Waals surface area contributed by atoms with Crippen LogP contribution in [-0.4, -0.2) is 25.3 Å². The van der Waals surface area contributed by atoms with Gasteiger partial charge >= 0.3 is 0 Å². The highest BCUT2D eigenvalue weighted by molar-refractivity contribution is 5.94. The minimum Gasteiger partial charge on any atom is -0.493 e. The van der Waals surface area contributed by atoms with Crippen molar-refractivity contribution < 1.29 is 18.7 Å². The van der Waals surface area contributed by atoms with Crippen LogP contribution in [0.4, 0.5) is 4.39 Å². The van der Waals surface area contributed by atoms with Gasteiger partial charge in [-0.2, -0.15) is 0 Å². The van der Waals surface area contributed by atoms with E-state index >= 15 is 0 Å².